The van der Waals surface area contributed by atoms with Gasteiger partial charge in [-0.1, -0.05) is 59.2 Å². The number of carbonyl (C=O) groups excluding carboxylic acids is 2. The first-order valence-corrected chi connectivity index (χ1v) is 11.1. The molecule has 1 saturated heterocycles. The molecular weight excluding hydrogens is 422 g/mol. The average Bonchev–Trinajstić information content (AvgIpc) is 3.29. The molecule has 0 bridgehead atoms. The number of thioether (sulfide) groups is 1. The molecule has 1 N–H and O–H groups in total. The first kappa shape index (κ1) is 20.5. The van der Waals surface area contributed by atoms with Gasteiger partial charge in [0.1, 0.15) is 0 Å². The van der Waals surface area contributed by atoms with Crippen LogP contribution in [0.15, 0.2) is 65.2 Å². The zero-order valence-electron chi connectivity index (χ0n) is 16.1. The number of aromatic nitrogens is 1. The normalized spacial score (nSPS) is 16.3. The summed E-state index contributed by atoms with van der Waals surface area (Å²) in [6, 6.07) is 18.5. The van der Waals surface area contributed by atoms with Crippen molar-refractivity contribution in [2.24, 2.45) is 0 Å². The fraction of sp³-hybridized carbons (Fsp3) is 0.227. The van der Waals surface area contributed by atoms with Gasteiger partial charge in [0.25, 0.3) is 5.91 Å². The molecule has 0 spiro atoms. The number of nitrogens with zero attached hydrogens (tertiary/aromatic N) is 2. The van der Waals surface area contributed by atoms with Crippen molar-refractivity contribution in [2.45, 2.75) is 6.04 Å². The summed E-state index contributed by atoms with van der Waals surface area (Å²) in [7, 11) is 0. The van der Waals surface area contributed by atoms with E-state index in [-0.39, 0.29) is 24.2 Å². The van der Waals surface area contributed by atoms with Gasteiger partial charge in [-0.15, -0.1) is 0 Å². The van der Waals surface area contributed by atoms with Crippen LogP contribution in [0.25, 0.3) is 11.3 Å². The molecule has 1 aliphatic rings. The van der Waals surface area contributed by atoms with E-state index in [1.165, 1.54) is 0 Å². The van der Waals surface area contributed by atoms with Gasteiger partial charge >= 0.3 is 0 Å². The number of halogens is 1. The second-order valence-corrected chi connectivity index (χ2v) is 8.44. The Labute approximate surface area is 183 Å². The van der Waals surface area contributed by atoms with E-state index in [9.17, 15) is 9.59 Å². The maximum Gasteiger partial charge on any atom is 0.273 e. The van der Waals surface area contributed by atoms with Crippen LogP contribution in [0.4, 0.5) is 0 Å². The number of amides is 2. The predicted octanol–water partition coefficient (Wildman–Crippen LogP) is 4.04. The van der Waals surface area contributed by atoms with Gasteiger partial charge in [-0.05, 0) is 17.7 Å². The maximum atomic E-state index is 12.8. The Hall–Kier alpha value is -2.77. The molecule has 1 unspecified atom stereocenters. The molecular formula is C22H20ClN3O3S. The molecule has 0 aliphatic carbocycles. The molecule has 0 radical (unpaired) electrons. The molecule has 4 rings (SSSR count). The van der Waals surface area contributed by atoms with Gasteiger partial charge in [0.05, 0.1) is 12.6 Å². The van der Waals surface area contributed by atoms with Crippen LogP contribution < -0.4 is 5.32 Å². The molecule has 1 aromatic heterocycles. The van der Waals surface area contributed by atoms with Crippen molar-refractivity contribution in [3.63, 3.8) is 0 Å². The third-order valence-electron chi connectivity index (χ3n) is 4.90. The van der Waals surface area contributed by atoms with Crippen LogP contribution >= 0.6 is 23.4 Å². The number of hydrogen-bond acceptors (Lipinski definition) is 5. The second-order valence-electron chi connectivity index (χ2n) is 6.85. The summed E-state index contributed by atoms with van der Waals surface area (Å²) in [5, 5.41) is 7.15. The highest BCUT2D eigenvalue weighted by molar-refractivity contribution is 7.99. The Morgan fingerprint density at radius 3 is 2.70 bits per heavy atom. The molecule has 1 aliphatic heterocycles. The number of benzene rings is 2. The molecule has 154 valence electrons. The SMILES string of the molecule is O=C(NCC(=O)N1CCSCC1c1ccc(Cl)cc1)c1cc(-c2ccccc2)on1. The van der Waals surface area contributed by atoms with Crippen molar-refractivity contribution in [3.8, 4) is 11.3 Å². The van der Waals surface area contributed by atoms with Crippen LogP contribution in [0, 0.1) is 0 Å². The third kappa shape index (κ3) is 4.68. The first-order valence-electron chi connectivity index (χ1n) is 9.55. The summed E-state index contributed by atoms with van der Waals surface area (Å²) >= 11 is 7.79. The van der Waals surface area contributed by atoms with Crippen LogP contribution in [0.3, 0.4) is 0 Å². The number of hydrogen-bond donors (Lipinski definition) is 1. The van der Waals surface area contributed by atoms with E-state index < -0.39 is 5.91 Å². The summed E-state index contributed by atoms with van der Waals surface area (Å²) in [4.78, 5) is 27.1. The van der Waals surface area contributed by atoms with Crippen molar-refractivity contribution >= 4 is 35.2 Å². The van der Waals surface area contributed by atoms with Gasteiger partial charge in [-0.25, -0.2) is 0 Å². The molecule has 6 nitrogen and oxygen atoms in total. The third-order valence-corrected chi connectivity index (χ3v) is 6.18. The van der Waals surface area contributed by atoms with E-state index in [2.05, 4.69) is 10.5 Å². The topological polar surface area (TPSA) is 75.4 Å². The molecule has 2 aromatic carbocycles. The Morgan fingerprint density at radius 2 is 1.93 bits per heavy atom. The summed E-state index contributed by atoms with van der Waals surface area (Å²) < 4.78 is 5.26. The van der Waals surface area contributed by atoms with E-state index >= 15 is 0 Å². The van der Waals surface area contributed by atoms with Gasteiger partial charge < -0.3 is 14.7 Å². The minimum absolute atomic E-state index is 0.0397. The monoisotopic (exact) mass is 441 g/mol. The predicted molar refractivity (Wildman–Crippen MR) is 118 cm³/mol. The lowest BCUT2D eigenvalue weighted by atomic mass is 10.1. The van der Waals surface area contributed by atoms with Gasteiger partial charge in [0.15, 0.2) is 11.5 Å². The summed E-state index contributed by atoms with van der Waals surface area (Å²) in [6.07, 6.45) is 0. The minimum Gasteiger partial charge on any atom is -0.355 e. The van der Waals surface area contributed by atoms with Gasteiger partial charge in [-0.3, -0.25) is 9.59 Å². The molecule has 2 heterocycles. The van der Waals surface area contributed by atoms with Crippen molar-refractivity contribution in [2.75, 3.05) is 24.6 Å². The van der Waals surface area contributed by atoms with Crippen molar-refractivity contribution in [1.29, 1.82) is 0 Å². The molecule has 0 saturated carbocycles. The summed E-state index contributed by atoms with van der Waals surface area (Å²) in [5.41, 5.74) is 2.01. The molecule has 1 fully saturated rings. The quantitative estimate of drug-likeness (QED) is 0.646. The van der Waals surface area contributed by atoms with E-state index in [1.54, 1.807) is 6.07 Å². The zero-order valence-corrected chi connectivity index (χ0v) is 17.7. The van der Waals surface area contributed by atoms with Crippen molar-refractivity contribution in [1.82, 2.24) is 15.4 Å². The van der Waals surface area contributed by atoms with Crippen molar-refractivity contribution < 1.29 is 14.1 Å². The van der Waals surface area contributed by atoms with Gasteiger partial charge in [0.2, 0.25) is 5.91 Å². The maximum absolute atomic E-state index is 12.8. The van der Waals surface area contributed by atoms with Crippen LogP contribution in [0.5, 0.6) is 0 Å². The number of carbonyl (C=O) groups is 2. The Kier molecular flexibility index (Phi) is 6.40. The van der Waals surface area contributed by atoms with Crippen LogP contribution in [-0.2, 0) is 4.79 Å². The molecule has 30 heavy (non-hydrogen) atoms. The van der Waals surface area contributed by atoms with Crippen molar-refractivity contribution in [3.05, 3.63) is 76.9 Å². The second kappa shape index (κ2) is 9.36. The largest absolute Gasteiger partial charge is 0.355 e. The molecule has 8 heteroatoms. The number of rotatable bonds is 5. The summed E-state index contributed by atoms with van der Waals surface area (Å²) in [6.45, 7) is 0.538. The van der Waals surface area contributed by atoms with E-state index in [0.717, 1.165) is 22.6 Å². The fourth-order valence-electron chi connectivity index (χ4n) is 3.33. The molecule has 1 atom stereocenters. The van der Waals surface area contributed by atoms with Gasteiger partial charge in [-0.2, -0.15) is 11.8 Å². The average molecular weight is 442 g/mol. The lowest BCUT2D eigenvalue weighted by Gasteiger charge is -2.36. The minimum atomic E-state index is -0.441. The van der Waals surface area contributed by atoms with E-state index in [0.29, 0.717) is 17.3 Å². The van der Waals surface area contributed by atoms with E-state index in [1.807, 2.05) is 71.3 Å². The van der Waals surface area contributed by atoms with E-state index in [4.69, 9.17) is 16.1 Å². The highest BCUT2D eigenvalue weighted by Gasteiger charge is 2.28. The lowest BCUT2D eigenvalue weighted by molar-refractivity contribution is -0.132. The van der Waals surface area contributed by atoms with Gasteiger partial charge in [0, 0.05) is 34.7 Å². The summed E-state index contributed by atoms with van der Waals surface area (Å²) in [5.74, 6) is 1.61. The Bertz CT molecular complexity index is 1020. The first-order chi connectivity index (χ1) is 14.6. The standard InChI is InChI=1S/C22H20ClN3O3S/c23-17-8-6-15(7-9-17)19-14-30-11-10-26(19)21(27)13-24-22(28)18-12-20(29-25-18)16-4-2-1-3-5-16/h1-9,12,19H,10-11,13-14H2,(H,24,28). The molecule has 3 aromatic rings. The zero-order chi connectivity index (χ0) is 20.9. The van der Waals surface area contributed by atoms with Crippen LogP contribution in [-0.4, -0.2) is 46.5 Å². The van der Waals surface area contributed by atoms with Crippen LogP contribution in [0.2, 0.25) is 5.02 Å². The fourth-order valence-corrected chi connectivity index (χ4v) is 4.55. The lowest BCUT2D eigenvalue weighted by Crippen LogP contribution is -2.45. The highest BCUT2D eigenvalue weighted by Crippen LogP contribution is 2.30. The Balaban J connectivity index is 1.39. The number of nitrogens with one attached hydrogen (secondary N) is 1. The smallest absolute Gasteiger partial charge is 0.273 e. The Morgan fingerprint density at radius 1 is 1.17 bits per heavy atom. The highest BCUT2D eigenvalue weighted by atomic mass is 35.5. The molecule has 2 amide bonds. The van der Waals surface area contributed by atoms with Crippen LogP contribution in [0.1, 0.15) is 22.1 Å².